The van der Waals surface area contributed by atoms with Crippen LogP contribution in [0, 0.1) is 64.6 Å². The zero-order chi connectivity index (χ0) is 90.1. The van der Waals surface area contributed by atoms with Gasteiger partial charge in [0, 0.05) is 142 Å². The highest BCUT2D eigenvalue weighted by atomic mass is 16.3. The molecule has 0 saturated heterocycles. The number of nitrogens with zero attached hydrogens (tertiary/aromatic N) is 9. The molecule has 3 aromatic carbocycles. The van der Waals surface area contributed by atoms with Crippen molar-refractivity contribution in [3.8, 4) is 0 Å². The number of aryl methyl sites for hydroxylation is 3. The number of benzene rings is 3. The summed E-state index contributed by atoms with van der Waals surface area (Å²) in [7, 11) is 0. The number of H-pyrrole nitrogens is 1. The predicted octanol–water partition coefficient (Wildman–Crippen LogP) is 23.3. The number of ketones is 8. The van der Waals surface area contributed by atoms with Gasteiger partial charge < -0.3 is 18.7 Å². The van der Waals surface area contributed by atoms with Crippen LogP contribution in [-0.2, 0) is 4.79 Å². The second-order valence-corrected chi connectivity index (χ2v) is 38.1. The molecule has 1 atom stereocenters. The molecule has 14 aromatic rings. The number of hydrogen-bond acceptors (Lipinski definition) is 16. The SMILES string of the molecule is CC(C)(C)C(=O)C1=CN2NC=CC2C=C1.CC(C)(C)C(=O)c1cc2ccccc2o1.CC(C)(C)C(=O)c1cc2ccccn2c1.CC(C)(C)C(=O)c1cc2ccccn2n1.CC(C)(C)C(=O)c1ccc2cn[nH]c2c1.Cc1c(C(=O)C(C)(C)C)nn2ccccc12.Cc1c(C(=O)C(C)(C)C)oc2ccccc12.Cc1c(C(=O)C(C)C)nn2ccccc12. The number of carbonyl (C=O) groups excluding carboxylic acids is 8. The number of fused-ring (bicyclic) bond motifs is 8. The molecule has 2 aliphatic rings. The Kier molecular flexibility index (Phi) is 28.6. The first-order valence-corrected chi connectivity index (χ1v) is 41.1. The molecule has 0 saturated carbocycles. The monoisotopic (exact) mass is 1650 g/mol. The van der Waals surface area contributed by atoms with Gasteiger partial charge >= 0.3 is 0 Å². The molecule has 0 fully saturated rings. The number of furan rings is 2. The van der Waals surface area contributed by atoms with Gasteiger partial charge in [0.25, 0.3) is 0 Å². The maximum absolute atomic E-state index is 12.2. The molecular formula is C101H119N11O10. The number of aromatic nitrogens is 9. The van der Waals surface area contributed by atoms with Gasteiger partial charge in [-0.3, -0.25) is 48.5 Å². The van der Waals surface area contributed by atoms with Crippen molar-refractivity contribution in [2.75, 3.05) is 0 Å². The topological polar surface area (TPSA) is 263 Å². The third kappa shape index (κ3) is 23.0. The van der Waals surface area contributed by atoms with Crippen LogP contribution >= 0.6 is 0 Å². The third-order valence-corrected chi connectivity index (χ3v) is 19.9. The molecule has 0 spiro atoms. The number of pyridine rings is 4. The summed E-state index contributed by atoms with van der Waals surface area (Å²) in [6, 6.07) is 50.2. The van der Waals surface area contributed by atoms with Gasteiger partial charge in [-0.2, -0.15) is 20.4 Å². The van der Waals surface area contributed by atoms with E-state index in [4.69, 9.17) is 8.83 Å². The van der Waals surface area contributed by atoms with Crippen LogP contribution in [-0.4, -0.2) is 101 Å². The Morgan fingerprint density at radius 3 is 1.48 bits per heavy atom. The van der Waals surface area contributed by atoms with E-state index >= 15 is 0 Å². The number of allylic oxidation sites excluding steroid dienone is 2. The van der Waals surface area contributed by atoms with Gasteiger partial charge in [0.05, 0.1) is 34.3 Å². The predicted molar refractivity (Wildman–Crippen MR) is 487 cm³/mol. The number of aromatic amines is 1. The lowest BCUT2D eigenvalue weighted by Gasteiger charge is -2.26. The molecule has 0 amide bonds. The molecule has 16 rings (SSSR count). The van der Waals surface area contributed by atoms with Crippen LogP contribution in [0.5, 0.6) is 0 Å². The lowest BCUT2D eigenvalue weighted by Crippen LogP contribution is -2.35. The Balaban J connectivity index is 0.000000158. The first-order chi connectivity index (χ1) is 56.8. The minimum Gasteiger partial charge on any atom is -0.453 e. The summed E-state index contributed by atoms with van der Waals surface area (Å²) in [5.41, 5.74) is 13.9. The first-order valence-electron chi connectivity index (χ1n) is 41.1. The highest BCUT2D eigenvalue weighted by Gasteiger charge is 2.33. The van der Waals surface area contributed by atoms with Crippen molar-refractivity contribution in [1.29, 1.82) is 0 Å². The zero-order valence-corrected chi connectivity index (χ0v) is 75.6. The second-order valence-electron chi connectivity index (χ2n) is 38.1. The maximum Gasteiger partial charge on any atom is 0.203 e. The van der Waals surface area contributed by atoms with Crippen LogP contribution in [0.3, 0.4) is 0 Å². The summed E-state index contributed by atoms with van der Waals surface area (Å²) < 4.78 is 18.3. The fourth-order valence-corrected chi connectivity index (χ4v) is 12.7. The molecule has 638 valence electrons. The number of rotatable bonds is 9. The third-order valence-electron chi connectivity index (χ3n) is 19.9. The highest BCUT2D eigenvalue weighted by Crippen LogP contribution is 2.33. The number of Topliss-reactive ketones (excluding diaryl/α,β-unsaturated/α-hetero) is 8. The van der Waals surface area contributed by atoms with E-state index in [1.54, 1.807) is 19.7 Å². The van der Waals surface area contributed by atoms with Crippen LogP contribution < -0.4 is 5.43 Å². The van der Waals surface area contributed by atoms with Gasteiger partial charge in [-0.25, -0.2) is 13.5 Å². The number of nitrogens with one attached hydrogen (secondary N) is 2. The minimum absolute atomic E-state index is 0.00591. The number of carbonyl (C=O) groups is 8. The molecule has 11 aromatic heterocycles. The fourth-order valence-electron chi connectivity index (χ4n) is 12.7. The van der Waals surface area contributed by atoms with Gasteiger partial charge in [0.15, 0.2) is 46.2 Å². The van der Waals surface area contributed by atoms with Crippen molar-refractivity contribution in [3.05, 3.63) is 288 Å². The summed E-state index contributed by atoms with van der Waals surface area (Å²) in [5.74, 6) is 1.82. The van der Waals surface area contributed by atoms with Crippen LogP contribution in [0.25, 0.3) is 54.9 Å². The van der Waals surface area contributed by atoms with E-state index in [0.717, 1.165) is 88.3 Å². The van der Waals surface area contributed by atoms with Crippen LogP contribution in [0.1, 0.15) is 249 Å². The summed E-state index contributed by atoms with van der Waals surface area (Å²) in [6.07, 6.45) is 20.9. The Morgan fingerprint density at radius 2 is 0.934 bits per heavy atom. The van der Waals surface area contributed by atoms with Crippen LogP contribution in [0.4, 0.5) is 0 Å². The lowest BCUT2D eigenvalue weighted by atomic mass is 9.85. The molecule has 0 aliphatic carbocycles. The Bertz CT molecular complexity index is 5790. The molecule has 122 heavy (non-hydrogen) atoms. The molecule has 0 radical (unpaired) electrons. The van der Waals surface area contributed by atoms with E-state index in [0.29, 0.717) is 28.6 Å². The van der Waals surface area contributed by atoms with Gasteiger partial charge in [-0.1, -0.05) is 244 Å². The van der Waals surface area contributed by atoms with E-state index < -0.39 is 10.8 Å². The van der Waals surface area contributed by atoms with Crippen molar-refractivity contribution in [2.45, 2.75) is 186 Å². The Labute approximate surface area is 715 Å². The summed E-state index contributed by atoms with van der Waals surface area (Å²) in [5, 5.41) is 24.6. The second kappa shape index (κ2) is 37.5. The van der Waals surface area contributed by atoms with Crippen LogP contribution in [0.2, 0.25) is 0 Å². The van der Waals surface area contributed by atoms with E-state index in [9.17, 15) is 38.4 Å². The molecule has 13 heterocycles. The summed E-state index contributed by atoms with van der Waals surface area (Å²) >= 11 is 0. The molecule has 21 nitrogen and oxygen atoms in total. The first kappa shape index (κ1) is 93.1. The van der Waals surface area contributed by atoms with Crippen molar-refractivity contribution < 1.29 is 47.2 Å². The zero-order valence-electron chi connectivity index (χ0n) is 75.6. The average molecular weight is 1650 g/mol. The smallest absolute Gasteiger partial charge is 0.203 e. The Morgan fingerprint density at radius 1 is 0.426 bits per heavy atom. The van der Waals surface area contributed by atoms with E-state index in [1.165, 1.54) is 0 Å². The van der Waals surface area contributed by atoms with E-state index in [-0.39, 0.29) is 85.3 Å². The number of hydrogen-bond donors (Lipinski definition) is 2. The van der Waals surface area contributed by atoms with Crippen molar-refractivity contribution in [3.63, 3.8) is 0 Å². The fraction of sp³-hybridized carbons (Fsp3) is 0.347. The molecule has 2 aliphatic heterocycles. The van der Waals surface area contributed by atoms with E-state index in [2.05, 4.69) is 30.9 Å². The lowest BCUT2D eigenvalue weighted by molar-refractivity contribution is -0.122. The quantitative estimate of drug-likeness (QED) is 0.127. The molecular weight excluding hydrogens is 1530 g/mol. The Hall–Kier alpha value is -12.8. The van der Waals surface area contributed by atoms with Gasteiger partial charge in [0.2, 0.25) is 11.6 Å². The summed E-state index contributed by atoms with van der Waals surface area (Å²) in [6.45, 7) is 49.9. The van der Waals surface area contributed by atoms with Crippen molar-refractivity contribution in [2.24, 2.45) is 43.8 Å². The maximum atomic E-state index is 12.2. The van der Waals surface area contributed by atoms with Gasteiger partial charge in [-0.15, -0.1) is 0 Å². The molecule has 1 unspecified atom stereocenters. The highest BCUT2D eigenvalue weighted by molar-refractivity contribution is 6.06. The van der Waals surface area contributed by atoms with Crippen molar-refractivity contribution in [1.82, 2.24) is 53.9 Å². The standard InChI is InChI=1S/C14H16O2.C13H16N2O.C13H15NO.C13H14O2.C12H14N2O.C12H16N2O.2C12H14N2O/c1-9-10-7-5-6-8-11(10)16-12(9)13(15)14(2,3)4;1-9-10-7-5-6-8-15(10)14-11(9)12(16)13(2,3)4;1-13(2,3)12(15)10-8-11-6-4-5-7-14(11)9-10;1-13(2,3)12(14)11-8-9-6-4-5-7-10(9)15-11;1-12(2,3)11(15)8-4-5-9-7-13-14-10(9)6-8;1-12(2,3)11(15)9-4-5-10-6-7-13-14(10)8-9;1-12(2,3)11(15)10-8-9-6-4-5-7-14(9)13-10;1-8(2)12(15)11-9(3)10-6-4-5-7-14(10)13-11/h2*5-8H,1-4H3;4-9H,1-3H3;4-8H,1-3H3;4-7H,1-3H3,(H,13,14);4-8,10,13H,1-3H3;2*4-8H,1-3H3. The summed E-state index contributed by atoms with van der Waals surface area (Å²) in [4.78, 5) is 96.1. The average Bonchev–Trinajstić information content (AvgIpc) is 1.64. The van der Waals surface area contributed by atoms with Crippen LogP contribution in [0.15, 0.2) is 240 Å². The van der Waals surface area contributed by atoms with Gasteiger partial charge in [-0.05, 0) is 112 Å². The van der Waals surface area contributed by atoms with E-state index in [1.807, 2.05) is 409 Å². The van der Waals surface area contributed by atoms with Gasteiger partial charge in [0.1, 0.15) is 28.2 Å². The molecule has 0 bridgehead atoms. The largest absolute Gasteiger partial charge is 0.453 e. The number of hydrazine groups is 1. The molecule has 21 heteroatoms. The molecule has 2 N–H and O–H groups in total. The van der Waals surface area contributed by atoms with Crippen molar-refractivity contribution >= 4 is 101 Å². The minimum atomic E-state index is -0.404. The normalized spacial score (nSPS) is 13.3. The number of para-hydroxylation sites is 2.